The fraction of sp³-hybridized carbons (Fsp3) is 0.333. The van der Waals surface area contributed by atoms with Crippen LogP contribution in [0.1, 0.15) is 6.92 Å². The molecule has 0 atom stereocenters. The molecule has 0 fully saturated rings. The van der Waals surface area contributed by atoms with Crippen LogP contribution in [-0.2, 0) is 0 Å². The van der Waals surface area contributed by atoms with Gasteiger partial charge in [-0.2, -0.15) is 0 Å². The van der Waals surface area contributed by atoms with Gasteiger partial charge in [0.15, 0.2) is 0 Å². The SMILES string of the molecule is CCNC.NNc1ccc(O)cc1. The molecule has 4 nitrogen and oxygen atoms in total. The van der Waals surface area contributed by atoms with Crippen LogP contribution in [0.4, 0.5) is 5.69 Å². The van der Waals surface area contributed by atoms with Crippen LogP contribution in [0.15, 0.2) is 24.3 Å². The molecule has 1 rings (SSSR count). The van der Waals surface area contributed by atoms with E-state index >= 15 is 0 Å². The number of hydrogen-bond acceptors (Lipinski definition) is 4. The zero-order valence-corrected chi connectivity index (χ0v) is 8.04. The molecule has 0 saturated heterocycles. The number of phenols is 1. The lowest BCUT2D eigenvalue weighted by atomic mass is 10.3. The molecule has 0 saturated carbocycles. The molecule has 1 aromatic carbocycles. The van der Waals surface area contributed by atoms with Gasteiger partial charge in [0.1, 0.15) is 5.75 Å². The topological polar surface area (TPSA) is 70.3 Å². The molecule has 0 aliphatic heterocycles. The molecule has 0 aliphatic rings. The van der Waals surface area contributed by atoms with E-state index in [0.29, 0.717) is 0 Å². The van der Waals surface area contributed by atoms with Crippen molar-refractivity contribution in [3.8, 4) is 5.75 Å². The van der Waals surface area contributed by atoms with Gasteiger partial charge in [-0.25, -0.2) is 0 Å². The smallest absolute Gasteiger partial charge is 0.115 e. The third-order valence-electron chi connectivity index (χ3n) is 1.39. The Kier molecular flexibility index (Phi) is 6.68. The molecular formula is C9H17N3O. The van der Waals surface area contributed by atoms with Gasteiger partial charge >= 0.3 is 0 Å². The van der Waals surface area contributed by atoms with E-state index < -0.39 is 0 Å². The Morgan fingerprint density at radius 1 is 1.31 bits per heavy atom. The maximum atomic E-state index is 8.78. The molecule has 0 radical (unpaired) electrons. The van der Waals surface area contributed by atoms with E-state index in [1.54, 1.807) is 24.3 Å². The van der Waals surface area contributed by atoms with Crippen molar-refractivity contribution < 1.29 is 5.11 Å². The fourth-order valence-electron chi connectivity index (χ4n) is 0.558. The number of rotatable bonds is 2. The third-order valence-corrected chi connectivity index (χ3v) is 1.39. The zero-order valence-electron chi connectivity index (χ0n) is 8.04. The highest BCUT2D eigenvalue weighted by Crippen LogP contribution is 2.11. The van der Waals surface area contributed by atoms with Crippen molar-refractivity contribution in [2.24, 2.45) is 5.84 Å². The highest BCUT2D eigenvalue weighted by Gasteiger charge is 1.85. The molecule has 4 heteroatoms. The van der Waals surface area contributed by atoms with Crippen LogP contribution in [0.5, 0.6) is 5.75 Å². The average Bonchev–Trinajstić information content (AvgIpc) is 2.19. The fourth-order valence-corrected chi connectivity index (χ4v) is 0.558. The molecule has 1 aromatic rings. The van der Waals surface area contributed by atoms with Gasteiger partial charge in [-0.1, -0.05) is 6.92 Å². The summed E-state index contributed by atoms with van der Waals surface area (Å²) in [4.78, 5) is 0. The van der Waals surface area contributed by atoms with Crippen molar-refractivity contribution in [2.75, 3.05) is 19.0 Å². The first-order valence-corrected chi connectivity index (χ1v) is 4.14. The average molecular weight is 183 g/mol. The normalized spacial score (nSPS) is 8.54. The summed E-state index contributed by atoms with van der Waals surface area (Å²) in [7, 11) is 1.93. The summed E-state index contributed by atoms with van der Waals surface area (Å²) in [6, 6.07) is 6.51. The maximum Gasteiger partial charge on any atom is 0.115 e. The highest BCUT2D eigenvalue weighted by atomic mass is 16.3. The van der Waals surface area contributed by atoms with Crippen molar-refractivity contribution in [3.63, 3.8) is 0 Å². The van der Waals surface area contributed by atoms with E-state index in [9.17, 15) is 0 Å². The number of benzene rings is 1. The van der Waals surface area contributed by atoms with E-state index in [4.69, 9.17) is 10.9 Å². The molecule has 0 bridgehead atoms. The molecule has 13 heavy (non-hydrogen) atoms. The second-order valence-electron chi connectivity index (χ2n) is 2.40. The Morgan fingerprint density at radius 3 is 2.08 bits per heavy atom. The summed E-state index contributed by atoms with van der Waals surface area (Å²) in [5, 5.41) is 11.7. The van der Waals surface area contributed by atoms with Crippen molar-refractivity contribution in [1.82, 2.24) is 5.32 Å². The minimum Gasteiger partial charge on any atom is -0.508 e. The number of phenolic OH excluding ortho intramolecular Hbond substituents is 1. The van der Waals surface area contributed by atoms with Crippen LogP contribution < -0.4 is 16.6 Å². The van der Waals surface area contributed by atoms with Gasteiger partial charge in [-0.05, 0) is 37.9 Å². The summed E-state index contributed by atoms with van der Waals surface area (Å²) >= 11 is 0. The molecule has 0 spiro atoms. The van der Waals surface area contributed by atoms with Crippen molar-refractivity contribution in [3.05, 3.63) is 24.3 Å². The molecule has 0 unspecified atom stereocenters. The van der Waals surface area contributed by atoms with Gasteiger partial charge < -0.3 is 15.8 Å². The van der Waals surface area contributed by atoms with Gasteiger partial charge in [-0.3, -0.25) is 5.84 Å². The van der Waals surface area contributed by atoms with Crippen LogP contribution in [-0.4, -0.2) is 18.7 Å². The summed E-state index contributed by atoms with van der Waals surface area (Å²) in [6.45, 7) is 3.14. The summed E-state index contributed by atoms with van der Waals surface area (Å²) in [5.41, 5.74) is 3.23. The third kappa shape index (κ3) is 5.95. The monoisotopic (exact) mass is 183 g/mol. The lowest BCUT2D eigenvalue weighted by Crippen LogP contribution is -2.05. The summed E-state index contributed by atoms with van der Waals surface area (Å²) < 4.78 is 0. The first kappa shape index (κ1) is 11.7. The number of nitrogens with two attached hydrogens (primary N) is 1. The van der Waals surface area contributed by atoms with Crippen LogP contribution in [0, 0.1) is 0 Å². The van der Waals surface area contributed by atoms with Gasteiger partial charge in [-0.15, -0.1) is 0 Å². The van der Waals surface area contributed by atoms with E-state index in [1.807, 2.05) is 7.05 Å². The van der Waals surface area contributed by atoms with E-state index in [2.05, 4.69) is 17.7 Å². The Bertz CT molecular complexity index is 209. The second-order valence-corrected chi connectivity index (χ2v) is 2.40. The zero-order chi connectivity index (χ0) is 10.1. The Morgan fingerprint density at radius 2 is 1.77 bits per heavy atom. The minimum absolute atomic E-state index is 0.244. The number of anilines is 1. The molecule has 0 aliphatic carbocycles. The predicted molar refractivity (Wildman–Crippen MR) is 55.5 cm³/mol. The van der Waals surface area contributed by atoms with Crippen LogP contribution in [0.3, 0.4) is 0 Å². The number of nitrogens with one attached hydrogen (secondary N) is 2. The van der Waals surface area contributed by atoms with Crippen LogP contribution in [0.2, 0.25) is 0 Å². The van der Waals surface area contributed by atoms with Crippen molar-refractivity contribution in [2.45, 2.75) is 6.92 Å². The second kappa shape index (κ2) is 7.39. The van der Waals surface area contributed by atoms with Gasteiger partial charge in [0.2, 0.25) is 0 Å². The molecule has 74 valence electrons. The minimum atomic E-state index is 0.244. The van der Waals surface area contributed by atoms with Gasteiger partial charge in [0.25, 0.3) is 0 Å². The molecular weight excluding hydrogens is 166 g/mol. The first-order chi connectivity index (χ1) is 6.24. The Hall–Kier alpha value is -1.26. The highest BCUT2D eigenvalue weighted by molar-refractivity contribution is 5.44. The lowest BCUT2D eigenvalue weighted by molar-refractivity contribution is 0.475. The van der Waals surface area contributed by atoms with Gasteiger partial charge in [0, 0.05) is 5.69 Å². The standard InChI is InChI=1S/C6H8N2O.C3H9N/c7-8-5-1-3-6(9)4-2-5;1-3-4-2/h1-4,8-9H,7H2;4H,3H2,1-2H3. The number of hydrazine groups is 1. The Labute approximate surface area is 78.7 Å². The molecule has 0 aromatic heterocycles. The first-order valence-electron chi connectivity index (χ1n) is 4.14. The molecule has 0 amide bonds. The molecule has 5 N–H and O–H groups in total. The van der Waals surface area contributed by atoms with Crippen LogP contribution in [0.25, 0.3) is 0 Å². The van der Waals surface area contributed by atoms with Crippen LogP contribution >= 0.6 is 0 Å². The lowest BCUT2D eigenvalue weighted by Gasteiger charge is -1.96. The largest absolute Gasteiger partial charge is 0.508 e. The molecule has 0 heterocycles. The maximum absolute atomic E-state index is 8.78. The quantitative estimate of drug-likeness (QED) is 0.312. The Balaban J connectivity index is 0.000000310. The van der Waals surface area contributed by atoms with E-state index in [-0.39, 0.29) is 5.75 Å². The predicted octanol–water partition coefficient (Wildman–Crippen LogP) is 0.903. The number of nitrogen functional groups attached to an aromatic ring is 1. The summed E-state index contributed by atoms with van der Waals surface area (Å²) in [5.74, 6) is 5.31. The summed E-state index contributed by atoms with van der Waals surface area (Å²) in [6.07, 6.45) is 0. The van der Waals surface area contributed by atoms with Crippen molar-refractivity contribution >= 4 is 5.69 Å². The number of hydrogen-bond donors (Lipinski definition) is 4. The van der Waals surface area contributed by atoms with Crippen molar-refractivity contribution in [1.29, 1.82) is 0 Å². The van der Waals surface area contributed by atoms with Gasteiger partial charge in [0.05, 0.1) is 0 Å². The van der Waals surface area contributed by atoms with E-state index in [1.165, 1.54) is 0 Å². The van der Waals surface area contributed by atoms with E-state index in [0.717, 1.165) is 12.2 Å². The number of aromatic hydroxyl groups is 1.